The van der Waals surface area contributed by atoms with Crippen LogP contribution in [0.3, 0.4) is 0 Å². The van der Waals surface area contributed by atoms with Crippen LogP contribution in [-0.2, 0) is 28.5 Å². The van der Waals surface area contributed by atoms with Crippen molar-refractivity contribution in [2.45, 2.75) is 63.7 Å². The van der Waals surface area contributed by atoms with Crippen molar-refractivity contribution in [3.05, 3.63) is 168 Å². The van der Waals surface area contributed by atoms with E-state index < -0.39 is 0 Å². The molecule has 1 aliphatic heterocycles. The second-order valence-corrected chi connectivity index (χ2v) is 12.9. The minimum absolute atomic E-state index is 0.0749. The molecule has 3 heteroatoms. The Bertz CT molecular complexity index is 1650. The van der Waals surface area contributed by atoms with E-state index in [4.69, 9.17) is 0 Å². The number of carbonyl (C=O) groups excluding carboxylic acids is 1. The van der Waals surface area contributed by atoms with Crippen LogP contribution in [0.15, 0.2) is 145 Å². The molecule has 236 valence electrons. The van der Waals surface area contributed by atoms with E-state index in [2.05, 4.69) is 171 Å². The van der Waals surface area contributed by atoms with Crippen molar-refractivity contribution in [3.8, 4) is 0 Å². The molecule has 46 heavy (non-hydrogen) atoms. The molecule has 1 aliphatic rings. The molecule has 1 heterocycles. The zero-order valence-corrected chi connectivity index (χ0v) is 27.7. The maximum absolute atomic E-state index is 11.5. The normalized spacial score (nSPS) is 18.2. The molecule has 1 N–H and O–H groups in total. The fraction of sp³-hybridized carbons (Fsp3) is 0.279. The minimum atomic E-state index is -0.210. The monoisotopic (exact) mass is 608 g/mol. The molecule has 0 radical (unpaired) electrons. The second kappa shape index (κ2) is 15.6. The first-order valence-electron chi connectivity index (χ1n) is 16.7. The molecule has 0 aliphatic carbocycles. The number of rotatable bonds is 15. The van der Waals surface area contributed by atoms with Crippen LogP contribution in [-0.4, -0.2) is 19.4 Å². The van der Waals surface area contributed by atoms with Gasteiger partial charge in [0.1, 0.15) is 6.29 Å². The number of carbonyl (C=O) groups is 1. The standard InChI is InChI=1S/C43H48N2O/c1-4-30-44-39-26-16-14-24-37(39)42(2,33-35-20-9-7-10-21-35)29-18-6-5-13-28-41-43(3,34-36-22-11-8-12-23-36)38-25-15-17-27-40(38)45(41)31-19-32-46/h5-18,20-28,32,44H,4,19,29-31,33-34H2,1-3H3/b13-5+,18-6+,41-28+. The molecule has 2 unspecified atom stereocenters. The Morgan fingerprint density at radius 3 is 2.22 bits per heavy atom. The van der Waals surface area contributed by atoms with Gasteiger partial charge in [-0.15, -0.1) is 0 Å². The molecule has 0 fully saturated rings. The predicted octanol–water partition coefficient (Wildman–Crippen LogP) is 10.0. The lowest BCUT2D eigenvalue weighted by molar-refractivity contribution is -0.107. The van der Waals surface area contributed by atoms with Gasteiger partial charge in [0.25, 0.3) is 0 Å². The van der Waals surface area contributed by atoms with E-state index in [1.54, 1.807) is 0 Å². The average molecular weight is 609 g/mol. The third-order valence-corrected chi connectivity index (χ3v) is 9.28. The third kappa shape index (κ3) is 7.59. The van der Waals surface area contributed by atoms with Crippen LogP contribution in [0.25, 0.3) is 0 Å². The predicted molar refractivity (Wildman–Crippen MR) is 196 cm³/mol. The van der Waals surface area contributed by atoms with Gasteiger partial charge in [-0.2, -0.15) is 0 Å². The van der Waals surface area contributed by atoms with Crippen molar-refractivity contribution < 1.29 is 4.79 Å². The smallest absolute Gasteiger partial charge is 0.121 e. The molecular weight excluding hydrogens is 560 g/mol. The summed E-state index contributed by atoms with van der Waals surface area (Å²) in [6.45, 7) is 8.57. The van der Waals surface area contributed by atoms with Gasteiger partial charge in [-0.05, 0) is 73.1 Å². The van der Waals surface area contributed by atoms with E-state index in [1.807, 2.05) is 0 Å². The Hall–Kier alpha value is -4.63. The van der Waals surface area contributed by atoms with Crippen LogP contribution in [0.2, 0.25) is 0 Å². The number of nitrogens with zero attached hydrogens (tertiary/aromatic N) is 1. The van der Waals surface area contributed by atoms with Crippen molar-refractivity contribution in [2.75, 3.05) is 23.3 Å². The first-order chi connectivity index (χ1) is 22.5. The summed E-state index contributed by atoms with van der Waals surface area (Å²) in [4.78, 5) is 13.8. The van der Waals surface area contributed by atoms with Crippen molar-refractivity contribution in [3.63, 3.8) is 0 Å². The summed E-state index contributed by atoms with van der Waals surface area (Å²) in [5.74, 6) is 0. The fourth-order valence-corrected chi connectivity index (χ4v) is 6.99. The Morgan fingerprint density at radius 2 is 1.48 bits per heavy atom. The van der Waals surface area contributed by atoms with Gasteiger partial charge in [-0.25, -0.2) is 0 Å². The number of allylic oxidation sites excluding steroid dienone is 6. The highest BCUT2D eigenvalue weighted by molar-refractivity contribution is 5.72. The zero-order chi connectivity index (χ0) is 32.2. The Morgan fingerprint density at radius 1 is 0.804 bits per heavy atom. The van der Waals surface area contributed by atoms with Crippen molar-refractivity contribution >= 4 is 17.7 Å². The van der Waals surface area contributed by atoms with Crippen LogP contribution in [0.1, 0.15) is 62.3 Å². The third-order valence-electron chi connectivity index (χ3n) is 9.28. The van der Waals surface area contributed by atoms with Gasteiger partial charge in [-0.1, -0.05) is 135 Å². The number of para-hydroxylation sites is 2. The fourth-order valence-electron chi connectivity index (χ4n) is 6.99. The molecule has 4 aromatic carbocycles. The lowest BCUT2D eigenvalue weighted by Crippen LogP contribution is -2.31. The van der Waals surface area contributed by atoms with Crippen LogP contribution >= 0.6 is 0 Å². The first kappa shape index (κ1) is 32.8. The summed E-state index contributed by atoms with van der Waals surface area (Å²) in [7, 11) is 0. The van der Waals surface area contributed by atoms with E-state index in [0.717, 1.165) is 38.5 Å². The number of nitrogens with one attached hydrogen (secondary N) is 1. The maximum atomic E-state index is 11.5. The molecule has 0 aromatic heterocycles. The molecule has 0 saturated carbocycles. The summed E-state index contributed by atoms with van der Waals surface area (Å²) < 4.78 is 0. The summed E-state index contributed by atoms with van der Waals surface area (Å²) in [5.41, 5.74) is 8.69. The summed E-state index contributed by atoms with van der Waals surface area (Å²) in [6, 6.07) is 39.0. The number of hydrogen-bond acceptors (Lipinski definition) is 3. The summed E-state index contributed by atoms with van der Waals surface area (Å²) in [5, 5.41) is 3.68. The van der Waals surface area contributed by atoms with Gasteiger partial charge in [0, 0.05) is 47.4 Å². The largest absolute Gasteiger partial charge is 0.385 e. The van der Waals surface area contributed by atoms with E-state index in [0.29, 0.717) is 13.0 Å². The van der Waals surface area contributed by atoms with Crippen LogP contribution in [0.5, 0.6) is 0 Å². The van der Waals surface area contributed by atoms with Gasteiger partial charge in [0.2, 0.25) is 0 Å². The molecule has 4 aromatic rings. The van der Waals surface area contributed by atoms with Gasteiger partial charge in [0.15, 0.2) is 0 Å². The highest BCUT2D eigenvalue weighted by Gasteiger charge is 2.43. The summed E-state index contributed by atoms with van der Waals surface area (Å²) in [6.07, 6.45) is 16.4. The molecule has 0 saturated heterocycles. The Balaban J connectivity index is 1.42. The van der Waals surface area contributed by atoms with E-state index >= 15 is 0 Å². The van der Waals surface area contributed by atoms with Crippen molar-refractivity contribution in [1.29, 1.82) is 0 Å². The van der Waals surface area contributed by atoms with Crippen LogP contribution < -0.4 is 10.2 Å². The molecule has 0 spiro atoms. The number of anilines is 2. The maximum Gasteiger partial charge on any atom is 0.121 e. The first-order valence-corrected chi connectivity index (χ1v) is 16.7. The Labute approximate surface area is 276 Å². The number of fused-ring (bicyclic) bond motifs is 1. The quantitative estimate of drug-likeness (QED) is 0.108. The van der Waals surface area contributed by atoms with E-state index in [9.17, 15) is 4.79 Å². The molecule has 3 nitrogen and oxygen atoms in total. The van der Waals surface area contributed by atoms with Crippen LogP contribution in [0.4, 0.5) is 11.4 Å². The Kier molecular flexibility index (Phi) is 11.1. The summed E-state index contributed by atoms with van der Waals surface area (Å²) >= 11 is 0. The molecule has 5 rings (SSSR count). The number of benzene rings is 4. The molecule has 2 atom stereocenters. The SMILES string of the molecule is CCCNc1ccccc1C(C)(C/C=C/C=C/C=C1/N(CCC=O)c2ccccc2C1(C)Cc1ccccc1)Cc1ccccc1. The average Bonchev–Trinajstić information content (AvgIpc) is 3.31. The van der Waals surface area contributed by atoms with Gasteiger partial charge in [-0.3, -0.25) is 0 Å². The van der Waals surface area contributed by atoms with Gasteiger partial charge in [0.05, 0.1) is 0 Å². The van der Waals surface area contributed by atoms with E-state index in [1.165, 1.54) is 39.3 Å². The minimum Gasteiger partial charge on any atom is -0.385 e. The highest BCUT2D eigenvalue weighted by atomic mass is 16.1. The number of hydrogen-bond donors (Lipinski definition) is 1. The van der Waals surface area contributed by atoms with E-state index in [-0.39, 0.29) is 10.8 Å². The van der Waals surface area contributed by atoms with Gasteiger partial charge < -0.3 is 15.0 Å². The molecule has 0 amide bonds. The van der Waals surface area contributed by atoms with Crippen molar-refractivity contribution in [2.24, 2.45) is 0 Å². The zero-order valence-electron chi connectivity index (χ0n) is 27.7. The van der Waals surface area contributed by atoms with Crippen LogP contribution in [0, 0.1) is 0 Å². The lowest BCUT2D eigenvalue weighted by Gasteiger charge is -2.32. The lowest BCUT2D eigenvalue weighted by atomic mass is 9.74. The van der Waals surface area contributed by atoms with Gasteiger partial charge >= 0.3 is 0 Å². The highest BCUT2D eigenvalue weighted by Crippen LogP contribution is 2.49. The van der Waals surface area contributed by atoms with Crippen molar-refractivity contribution in [1.82, 2.24) is 0 Å². The topological polar surface area (TPSA) is 32.3 Å². The molecular formula is C43H48N2O. The molecule has 0 bridgehead atoms. The second-order valence-electron chi connectivity index (χ2n) is 12.9. The number of aldehydes is 1.